The summed E-state index contributed by atoms with van der Waals surface area (Å²) >= 11 is 0. The second-order valence-corrected chi connectivity index (χ2v) is 4.72. The number of rotatable bonds is 3. The lowest BCUT2D eigenvalue weighted by Gasteiger charge is -2.15. The van der Waals surface area contributed by atoms with E-state index >= 15 is 0 Å². The van der Waals surface area contributed by atoms with Crippen LogP contribution in [-0.4, -0.2) is 23.8 Å². The number of nitrogens with two attached hydrogens (primary N) is 1. The van der Waals surface area contributed by atoms with Crippen molar-refractivity contribution in [2.75, 3.05) is 13.1 Å². The van der Waals surface area contributed by atoms with E-state index in [0.717, 1.165) is 19.6 Å². The number of benzene rings is 1. The minimum absolute atomic E-state index is 0.240. The molecule has 0 aliphatic carbocycles. The molecule has 0 saturated carbocycles. The second-order valence-electron chi connectivity index (χ2n) is 4.72. The predicted molar refractivity (Wildman–Crippen MR) is 66.3 cm³/mol. The molecule has 1 aromatic carbocycles. The summed E-state index contributed by atoms with van der Waals surface area (Å²) in [6.07, 6.45) is 0. The van der Waals surface area contributed by atoms with Gasteiger partial charge in [-0.25, -0.2) is 0 Å². The average Bonchev–Trinajstić information content (AvgIpc) is 2.61. The van der Waals surface area contributed by atoms with Crippen LogP contribution in [0.2, 0.25) is 0 Å². The molecular formula is C13H19N3. The van der Waals surface area contributed by atoms with E-state index < -0.39 is 0 Å². The van der Waals surface area contributed by atoms with Crippen LogP contribution in [0.15, 0.2) is 30.3 Å². The van der Waals surface area contributed by atoms with Crippen molar-refractivity contribution < 1.29 is 0 Å². The third-order valence-corrected chi connectivity index (χ3v) is 3.34. The molecule has 0 aromatic heterocycles. The van der Waals surface area contributed by atoms with E-state index in [4.69, 9.17) is 11.1 Å². The number of amidine groups is 1. The first kappa shape index (κ1) is 11.1. The van der Waals surface area contributed by atoms with Crippen LogP contribution in [0.3, 0.4) is 0 Å². The summed E-state index contributed by atoms with van der Waals surface area (Å²) < 4.78 is 0. The van der Waals surface area contributed by atoms with Crippen LogP contribution >= 0.6 is 0 Å². The van der Waals surface area contributed by atoms with Gasteiger partial charge >= 0.3 is 0 Å². The molecular weight excluding hydrogens is 198 g/mol. The maximum atomic E-state index is 7.54. The third-order valence-electron chi connectivity index (χ3n) is 3.34. The molecule has 3 heteroatoms. The molecule has 86 valence electrons. The summed E-state index contributed by atoms with van der Waals surface area (Å²) in [5, 5.41) is 7.54. The molecule has 1 aromatic rings. The van der Waals surface area contributed by atoms with Crippen molar-refractivity contribution in [2.24, 2.45) is 17.6 Å². The second kappa shape index (κ2) is 4.66. The average molecular weight is 217 g/mol. The molecule has 1 heterocycles. The van der Waals surface area contributed by atoms with E-state index in [0.29, 0.717) is 11.8 Å². The van der Waals surface area contributed by atoms with Gasteiger partial charge in [0.1, 0.15) is 0 Å². The van der Waals surface area contributed by atoms with Gasteiger partial charge in [-0.15, -0.1) is 0 Å². The van der Waals surface area contributed by atoms with Crippen molar-refractivity contribution in [3.63, 3.8) is 0 Å². The van der Waals surface area contributed by atoms with Crippen LogP contribution in [0.4, 0.5) is 0 Å². The molecule has 2 rings (SSSR count). The molecule has 0 radical (unpaired) electrons. The number of nitrogens with zero attached hydrogens (tertiary/aromatic N) is 1. The zero-order valence-corrected chi connectivity index (χ0v) is 9.69. The highest BCUT2D eigenvalue weighted by Gasteiger charge is 2.31. The Morgan fingerprint density at radius 1 is 1.38 bits per heavy atom. The third kappa shape index (κ3) is 2.42. The summed E-state index contributed by atoms with van der Waals surface area (Å²) in [6, 6.07) is 10.5. The number of nitrogens with one attached hydrogen (secondary N) is 1. The summed E-state index contributed by atoms with van der Waals surface area (Å²) in [5.41, 5.74) is 6.93. The molecule has 0 spiro atoms. The van der Waals surface area contributed by atoms with Crippen molar-refractivity contribution in [1.82, 2.24) is 4.90 Å². The predicted octanol–water partition coefficient (Wildman–Crippen LogP) is 1.69. The minimum Gasteiger partial charge on any atom is -0.387 e. The lowest BCUT2D eigenvalue weighted by Crippen LogP contribution is -2.28. The fraction of sp³-hybridized carbons (Fsp3) is 0.462. The van der Waals surface area contributed by atoms with Gasteiger partial charge in [0.05, 0.1) is 5.84 Å². The molecule has 1 fully saturated rings. The van der Waals surface area contributed by atoms with Crippen LogP contribution in [0, 0.1) is 17.2 Å². The molecule has 2 atom stereocenters. The highest BCUT2D eigenvalue weighted by molar-refractivity contribution is 5.80. The van der Waals surface area contributed by atoms with Gasteiger partial charge in [0.15, 0.2) is 0 Å². The molecule has 1 aliphatic rings. The summed E-state index contributed by atoms with van der Waals surface area (Å²) in [7, 11) is 0. The van der Waals surface area contributed by atoms with Crippen LogP contribution in [-0.2, 0) is 6.54 Å². The lowest BCUT2D eigenvalue weighted by atomic mass is 9.97. The Morgan fingerprint density at radius 2 is 2.06 bits per heavy atom. The van der Waals surface area contributed by atoms with E-state index in [2.05, 4.69) is 36.1 Å². The van der Waals surface area contributed by atoms with Crippen molar-refractivity contribution in [3.05, 3.63) is 35.9 Å². The number of likely N-dealkylation sites (tertiary alicyclic amines) is 1. The fourth-order valence-corrected chi connectivity index (χ4v) is 2.44. The van der Waals surface area contributed by atoms with Gasteiger partial charge in [0, 0.05) is 25.6 Å². The Bertz CT molecular complexity index is 361. The zero-order valence-electron chi connectivity index (χ0n) is 9.69. The molecule has 0 amide bonds. The standard InChI is InChI=1S/C13H19N3/c1-10-7-16(9-12(10)13(14)15)8-11-5-3-2-4-6-11/h2-6,10,12H,7-9H2,1H3,(H3,14,15)/t10-,12-/m1/s1. The topological polar surface area (TPSA) is 53.1 Å². The Hall–Kier alpha value is -1.35. The van der Waals surface area contributed by atoms with Gasteiger partial charge in [-0.1, -0.05) is 37.3 Å². The first-order valence-corrected chi connectivity index (χ1v) is 5.77. The molecule has 0 unspecified atom stereocenters. The minimum atomic E-state index is 0.240. The van der Waals surface area contributed by atoms with E-state index in [9.17, 15) is 0 Å². The number of hydrogen-bond acceptors (Lipinski definition) is 2. The Balaban J connectivity index is 1.96. The van der Waals surface area contributed by atoms with Crippen molar-refractivity contribution >= 4 is 5.84 Å². The Morgan fingerprint density at radius 3 is 2.62 bits per heavy atom. The maximum absolute atomic E-state index is 7.54. The van der Waals surface area contributed by atoms with Gasteiger partial charge in [0.2, 0.25) is 0 Å². The van der Waals surface area contributed by atoms with Crippen molar-refractivity contribution in [3.8, 4) is 0 Å². The van der Waals surface area contributed by atoms with Gasteiger partial charge in [0.25, 0.3) is 0 Å². The zero-order chi connectivity index (χ0) is 11.5. The normalized spacial score (nSPS) is 25.8. The quantitative estimate of drug-likeness (QED) is 0.598. The first-order chi connectivity index (χ1) is 7.66. The van der Waals surface area contributed by atoms with Crippen LogP contribution in [0.25, 0.3) is 0 Å². The van der Waals surface area contributed by atoms with Gasteiger partial charge in [-0.3, -0.25) is 10.3 Å². The molecule has 3 nitrogen and oxygen atoms in total. The van der Waals surface area contributed by atoms with Gasteiger partial charge < -0.3 is 5.73 Å². The summed E-state index contributed by atoms with van der Waals surface area (Å²) in [6.45, 7) is 5.11. The first-order valence-electron chi connectivity index (χ1n) is 5.77. The largest absolute Gasteiger partial charge is 0.387 e. The van der Waals surface area contributed by atoms with Crippen molar-refractivity contribution in [2.45, 2.75) is 13.5 Å². The molecule has 16 heavy (non-hydrogen) atoms. The summed E-state index contributed by atoms with van der Waals surface area (Å²) in [5.74, 6) is 1.08. The lowest BCUT2D eigenvalue weighted by molar-refractivity contribution is 0.318. The van der Waals surface area contributed by atoms with E-state index in [1.807, 2.05) is 6.07 Å². The molecule has 1 aliphatic heterocycles. The number of hydrogen-bond donors (Lipinski definition) is 2. The fourth-order valence-electron chi connectivity index (χ4n) is 2.44. The van der Waals surface area contributed by atoms with E-state index in [1.54, 1.807) is 0 Å². The molecule has 3 N–H and O–H groups in total. The smallest absolute Gasteiger partial charge is 0.0953 e. The van der Waals surface area contributed by atoms with E-state index in [1.165, 1.54) is 5.56 Å². The highest BCUT2D eigenvalue weighted by atomic mass is 15.2. The molecule has 1 saturated heterocycles. The monoisotopic (exact) mass is 217 g/mol. The SMILES string of the molecule is C[C@@H]1CN(Cc2ccccc2)C[C@H]1C(=N)N. The van der Waals surface area contributed by atoms with Crippen LogP contribution in [0.5, 0.6) is 0 Å². The maximum Gasteiger partial charge on any atom is 0.0953 e. The van der Waals surface area contributed by atoms with Gasteiger partial charge in [-0.2, -0.15) is 0 Å². The highest BCUT2D eigenvalue weighted by Crippen LogP contribution is 2.24. The Kier molecular flexibility index (Phi) is 3.25. The van der Waals surface area contributed by atoms with Crippen LogP contribution in [0.1, 0.15) is 12.5 Å². The summed E-state index contributed by atoms with van der Waals surface area (Å²) in [4.78, 5) is 2.38. The molecule has 0 bridgehead atoms. The van der Waals surface area contributed by atoms with E-state index in [-0.39, 0.29) is 5.92 Å². The van der Waals surface area contributed by atoms with Gasteiger partial charge in [-0.05, 0) is 11.5 Å². The Labute approximate surface area is 96.8 Å². The van der Waals surface area contributed by atoms with Crippen LogP contribution < -0.4 is 5.73 Å². The van der Waals surface area contributed by atoms with Crippen molar-refractivity contribution in [1.29, 1.82) is 5.41 Å².